The first-order chi connectivity index (χ1) is 14.4. The van der Waals surface area contributed by atoms with Crippen LogP contribution < -0.4 is 5.32 Å². The molecule has 0 spiro atoms. The lowest BCUT2D eigenvalue weighted by molar-refractivity contribution is -0.120. The van der Waals surface area contributed by atoms with Gasteiger partial charge < -0.3 is 5.32 Å². The van der Waals surface area contributed by atoms with Crippen LogP contribution in [0.15, 0.2) is 42.5 Å². The third kappa shape index (κ3) is 5.10. The summed E-state index contributed by atoms with van der Waals surface area (Å²) in [4.78, 5) is 13.1. The van der Waals surface area contributed by atoms with E-state index >= 15 is 0 Å². The number of para-hydroxylation sites is 1. The molecule has 1 heterocycles. The van der Waals surface area contributed by atoms with E-state index in [0.29, 0.717) is 19.4 Å². The van der Waals surface area contributed by atoms with Crippen molar-refractivity contribution >= 4 is 21.6 Å². The summed E-state index contributed by atoms with van der Waals surface area (Å²) >= 11 is 0. The van der Waals surface area contributed by atoms with Gasteiger partial charge in [-0.3, -0.25) is 4.79 Å². The molecule has 0 aromatic heterocycles. The number of carbonyl (C=O) groups is 1. The van der Waals surface area contributed by atoms with E-state index in [0.717, 1.165) is 40.8 Å². The lowest BCUT2D eigenvalue weighted by Gasteiger charge is -2.31. The van der Waals surface area contributed by atoms with Crippen LogP contribution in [-0.2, 0) is 33.4 Å². The fraction of sp³-hybridized carbons (Fsp3) is 0.458. The van der Waals surface area contributed by atoms with E-state index in [-0.39, 0.29) is 24.1 Å². The Morgan fingerprint density at radius 2 is 1.67 bits per heavy atom. The summed E-state index contributed by atoms with van der Waals surface area (Å²) in [6.45, 7) is 6.79. The van der Waals surface area contributed by atoms with Crippen molar-refractivity contribution < 1.29 is 13.2 Å². The number of nitrogens with one attached hydrogen (secondary N) is 1. The van der Waals surface area contributed by atoms with Gasteiger partial charge in [-0.2, -0.15) is 0 Å². The molecule has 1 aliphatic rings. The highest BCUT2D eigenvalue weighted by Gasteiger charge is 2.33. The topological polar surface area (TPSA) is 66.5 Å². The van der Waals surface area contributed by atoms with Gasteiger partial charge in [0.15, 0.2) is 0 Å². The predicted molar refractivity (Wildman–Crippen MR) is 122 cm³/mol. The lowest BCUT2D eigenvalue weighted by Crippen LogP contribution is -2.44. The van der Waals surface area contributed by atoms with Gasteiger partial charge in [-0.15, -0.1) is 0 Å². The van der Waals surface area contributed by atoms with Gasteiger partial charge in [-0.1, -0.05) is 56.3 Å². The third-order valence-corrected chi connectivity index (χ3v) is 7.79. The summed E-state index contributed by atoms with van der Waals surface area (Å²) in [5.41, 5.74) is 4.90. The molecule has 162 valence electrons. The number of sulfonamides is 1. The summed E-state index contributed by atoms with van der Waals surface area (Å²) in [6.07, 6.45) is 3.08. The number of carbonyl (C=O) groups excluding carboxylic acids is 1. The number of rotatable bonds is 7. The molecule has 5 nitrogen and oxygen atoms in total. The fourth-order valence-corrected chi connectivity index (χ4v) is 5.81. The van der Waals surface area contributed by atoms with Crippen molar-refractivity contribution in [1.29, 1.82) is 0 Å². The molecule has 1 fully saturated rings. The van der Waals surface area contributed by atoms with E-state index in [1.54, 1.807) is 0 Å². The van der Waals surface area contributed by atoms with E-state index in [1.165, 1.54) is 4.31 Å². The zero-order chi connectivity index (χ0) is 21.7. The molecule has 1 amide bonds. The number of aryl methyl sites for hydroxylation is 3. The van der Waals surface area contributed by atoms with Crippen LogP contribution in [0.2, 0.25) is 0 Å². The lowest BCUT2D eigenvalue weighted by atomic mass is 9.97. The second-order valence-corrected chi connectivity index (χ2v) is 10.00. The summed E-state index contributed by atoms with van der Waals surface area (Å²) in [6, 6.07) is 13.6. The number of nitrogens with zero attached hydrogens (tertiary/aromatic N) is 1. The molecule has 1 saturated heterocycles. The maximum absolute atomic E-state index is 13.1. The summed E-state index contributed by atoms with van der Waals surface area (Å²) in [5.74, 6) is -0.437. The van der Waals surface area contributed by atoms with Crippen LogP contribution in [0.1, 0.15) is 48.9 Å². The Balaban J connectivity index is 1.73. The highest BCUT2D eigenvalue weighted by molar-refractivity contribution is 7.88. The second-order valence-electron chi connectivity index (χ2n) is 8.03. The van der Waals surface area contributed by atoms with E-state index in [4.69, 9.17) is 0 Å². The van der Waals surface area contributed by atoms with Gasteiger partial charge in [-0.25, -0.2) is 12.7 Å². The van der Waals surface area contributed by atoms with Gasteiger partial charge in [0.1, 0.15) is 0 Å². The molecule has 1 aliphatic heterocycles. The Kier molecular flexibility index (Phi) is 7.32. The normalized spacial score (nSPS) is 17.6. The van der Waals surface area contributed by atoms with Gasteiger partial charge in [-0.05, 0) is 54.9 Å². The Labute approximate surface area is 180 Å². The van der Waals surface area contributed by atoms with Crippen molar-refractivity contribution in [1.82, 2.24) is 4.31 Å². The zero-order valence-electron chi connectivity index (χ0n) is 18.1. The van der Waals surface area contributed by atoms with Crippen LogP contribution in [-0.4, -0.2) is 31.7 Å². The number of benzene rings is 2. The van der Waals surface area contributed by atoms with E-state index < -0.39 is 10.0 Å². The Hall–Kier alpha value is -2.18. The third-order valence-electron chi connectivity index (χ3n) is 5.99. The van der Waals surface area contributed by atoms with Crippen molar-refractivity contribution in [2.24, 2.45) is 5.92 Å². The Bertz CT molecular complexity index is 979. The summed E-state index contributed by atoms with van der Waals surface area (Å²) in [5, 5.41) is 3.12. The van der Waals surface area contributed by atoms with Crippen molar-refractivity contribution in [3.8, 4) is 0 Å². The molecule has 0 aliphatic carbocycles. The highest BCUT2D eigenvalue weighted by Crippen LogP contribution is 2.27. The summed E-state index contributed by atoms with van der Waals surface area (Å²) < 4.78 is 27.6. The molecule has 1 atom stereocenters. The molecule has 3 rings (SSSR count). The number of hydrogen-bond acceptors (Lipinski definition) is 3. The number of anilines is 1. The summed E-state index contributed by atoms with van der Waals surface area (Å²) in [7, 11) is -3.47. The molecule has 30 heavy (non-hydrogen) atoms. The average Bonchev–Trinajstić information content (AvgIpc) is 2.75. The second kappa shape index (κ2) is 9.75. The van der Waals surface area contributed by atoms with Gasteiger partial charge in [0.05, 0.1) is 11.7 Å². The number of amides is 1. The molecule has 2 aromatic rings. The number of piperidine rings is 1. The first-order valence-corrected chi connectivity index (χ1v) is 12.4. The van der Waals surface area contributed by atoms with Crippen LogP contribution in [0, 0.1) is 12.8 Å². The van der Waals surface area contributed by atoms with E-state index in [9.17, 15) is 13.2 Å². The molecule has 0 saturated carbocycles. The smallest absolute Gasteiger partial charge is 0.228 e. The Morgan fingerprint density at radius 1 is 1.03 bits per heavy atom. The van der Waals surface area contributed by atoms with Gasteiger partial charge in [0, 0.05) is 18.8 Å². The SMILES string of the molecule is CCc1cccc(CC)c1NC(=O)[C@@H]1CCCN(S(=O)(=O)Cc2ccccc2C)C1. The maximum atomic E-state index is 13.1. The van der Waals surface area contributed by atoms with Crippen molar-refractivity contribution in [2.45, 2.75) is 52.2 Å². The standard InChI is InChI=1S/C24H32N2O3S/c1-4-19-12-8-13-20(5-2)23(19)25-24(27)21-14-9-15-26(16-21)30(28,29)17-22-11-7-6-10-18(22)3/h6-8,10-13,21H,4-5,9,14-17H2,1-3H3,(H,25,27)/t21-/m1/s1. The molecular formula is C24H32N2O3S. The van der Waals surface area contributed by atoms with Crippen LogP contribution >= 0.6 is 0 Å². The number of hydrogen-bond donors (Lipinski definition) is 1. The van der Waals surface area contributed by atoms with E-state index in [1.807, 2.05) is 49.4 Å². The van der Waals surface area contributed by atoms with Crippen molar-refractivity contribution in [3.63, 3.8) is 0 Å². The van der Waals surface area contributed by atoms with Crippen LogP contribution in [0.3, 0.4) is 0 Å². The molecule has 0 unspecified atom stereocenters. The molecular weight excluding hydrogens is 396 g/mol. The first-order valence-electron chi connectivity index (χ1n) is 10.8. The first kappa shape index (κ1) is 22.5. The van der Waals surface area contributed by atoms with Crippen LogP contribution in [0.25, 0.3) is 0 Å². The predicted octanol–water partition coefficient (Wildman–Crippen LogP) is 4.30. The van der Waals surface area contributed by atoms with Gasteiger partial charge in [0.25, 0.3) is 0 Å². The molecule has 2 aromatic carbocycles. The fourth-order valence-electron chi connectivity index (χ4n) is 4.10. The van der Waals surface area contributed by atoms with Crippen LogP contribution in [0.5, 0.6) is 0 Å². The molecule has 1 N–H and O–H groups in total. The maximum Gasteiger partial charge on any atom is 0.228 e. The monoisotopic (exact) mass is 428 g/mol. The molecule has 6 heteroatoms. The van der Waals surface area contributed by atoms with Crippen molar-refractivity contribution in [2.75, 3.05) is 18.4 Å². The van der Waals surface area contributed by atoms with Crippen LogP contribution in [0.4, 0.5) is 5.69 Å². The minimum Gasteiger partial charge on any atom is -0.325 e. The minimum atomic E-state index is -3.47. The van der Waals surface area contributed by atoms with Gasteiger partial charge in [0.2, 0.25) is 15.9 Å². The Morgan fingerprint density at radius 3 is 2.30 bits per heavy atom. The zero-order valence-corrected chi connectivity index (χ0v) is 19.0. The largest absolute Gasteiger partial charge is 0.325 e. The molecule has 0 radical (unpaired) electrons. The highest BCUT2D eigenvalue weighted by atomic mass is 32.2. The quantitative estimate of drug-likeness (QED) is 0.715. The van der Waals surface area contributed by atoms with E-state index in [2.05, 4.69) is 19.2 Å². The van der Waals surface area contributed by atoms with Crippen molar-refractivity contribution in [3.05, 3.63) is 64.7 Å². The van der Waals surface area contributed by atoms with Gasteiger partial charge >= 0.3 is 0 Å². The average molecular weight is 429 g/mol. The minimum absolute atomic E-state index is 0.0212. The molecule has 0 bridgehead atoms.